The molecule has 0 radical (unpaired) electrons. The van der Waals surface area contributed by atoms with Gasteiger partial charge in [0.15, 0.2) is 0 Å². The lowest BCUT2D eigenvalue weighted by Gasteiger charge is -2.69. The molecular weight excluding hydrogens is 360 g/mol. The van der Waals surface area contributed by atoms with Crippen LogP contribution in [-0.4, -0.2) is 22.7 Å². The second-order valence-corrected chi connectivity index (χ2v) is 10.6. The highest BCUT2D eigenvalue weighted by Gasteiger charge is 2.70. The summed E-state index contributed by atoms with van der Waals surface area (Å²) in [6, 6.07) is 5.90. The Morgan fingerprint density at radius 3 is 2.88 bits per heavy atom. The fourth-order valence-electron chi connectivity index (χ4n) is 4.28. The first-order valence-electron chi connectivity index (χ1n) is 7.99. The number of fused-ring (bicyclic) bond motifs is 1. The number of carbonyl (C=O) groups excluding carboxylic acids is 1. The van der Waals surface area contributed by atoms with Crippen LogP contribution in [0.15, 0.2) is 40.7 Å². The summed E-state index contributed by atoms with van der Waals surface area (Å²) in [5, 5.41) is 7.35. The van der Waals surface area contributed by atoms with Crippen molar-refractivity contribution in [2.24, 2.45) is 0 Å². The van der Waals surface area contributed by atoms with Crippen LogP contribution in [0.5, 0.6) is 0 Å². The van der Waals surface area contributed by atoms with Crippen molar-refractivity contribution in [2.75, 3.05) is 6.26 Å². The molecule has 1 atom stereocenters. The summed E-state index contributed by atoms with van der Waals surface area (Å²) in [7, 11) is -0.412. The van der Waals surface area contributed by atoms with Crippen molar-refractivity contribution in [3.05, 3.63) is 50.7 Å². The van der Waals surface area contributed by atoms with Crippen LogP contribution in [0.1, 0.15) is 24.3 Å². The molecule has 1 N–H and O–H groups in total. The molecule has 124 valence electrons. The summed E-state index contributed by atoms with van der Waals surface area (Å²) < 4.78 is 1.19. The highest BCUT2D eigenvalue weighted by Crippen LogP contribution is 2.68. The van der Waals surface area contributed by atoms with Gasteiger partial charge >= 0.3 is 0 Å². The summed E-state index contributed by atoms with van der Waals surface area (Å²) in [6.07, 6.45) is 9.13. The number of benzene rings is 1. The fourth-order valence-corrected chi connectivity index (χ4v) is 6.78. The van der Waals surface area contributed by atoms with Crippen molar-refractivity contribution >= 4 is 50.0 Å². The smallest absolute Gasteiger partial charge is 0.256 e. The SMILES string of the molecule is C[SH]1C=CC=C1C(=O)NC12CC(c3nc4cc(Cl)ccc4s3)(C1)C2. The topological polar surface area (TPSA) is 42.0 Å². The van der Waals surface area contributed by atoms with E-state index in [2.05, 4.69) is 17.0 Å². The van der Waals surface area contributed by atoms with Gasteiger partial charge in [-0.2, -0.15) is 0 Å². The number of thiol groups is 1. The van der Waals surface area contributed by atoms with Gasteiger partial charge in [0.1, 0.15) is 5.01 Å². The first-order chi connectivity index (χ1) is 11.5. The van der Waals surface area contributed by atoms with Gasteiger partial charge in [0.2, 0.25) is 0 Å². The number of halogens is 1. The Balaban J connectivity index is 1.31. The lowest BCUT2D eigenvalue weighted by molar-refractivity contribution is -0.133. The van der Waals surface area contributed by atoms with E-state index >= 15 is 0 Å². The van der Waals surface area contributed by atoms with Crippen LogP contribution in [0.4, 0.5) is 0 Å². The van der Waals surface area contributed by atoms with E-state index in [0.29, 0.717) is 0 Å². The van der Waals surface area contributed by atoms with E-state index in [9.17, 15) is 4.79 Å². The molecule has 6 heteroatoms. The van der Waals surface area contributed by atoms with E-state index in [4.69, 9.17) is 16.6 Å². The second kappa shape index (κ2) is 4.87. The third-order valence-corrected chi connectivity index (χ3v) is 8.64. The zero-order valence-corrected chi connectivity index (χ0v) is 15.6. The predicted molar refractivity (Wildman–Crippen MR) is 103 cm³/mol. The highest BCUT2D eigenvalue weighted by molar-refractivity contribution is 8.23. The molecule has 1 aromatic carbocycles. The van der Waals surface area contributed by atoms with E-state index < -0.39 is 10.9 Å². The lowest BCUT2D eigenvalue weighted by atomic mass is 9.39. The zero-order chi connectivity index (χ0) is 16.5. The molecule has 24 heavy (non-hydrogen) atoms. The quantitative estimate of drug-likeness (QED) is 0.785. The van der Waals surface area contributed by atoms with Crippen LogP contribution < -0.4 is 5.32 Å². The van der Waals surface area contributed by atoms with Gasteiger partial charge in [-0.15, -0.1) is 11.3 Å². The predicted octanol–water partition coefficient (Wildman–Crippen LogP) is 4.28. The average Bonchev–Trinajstić information content (AvgIpc) is 3.06. The molecule has 3 saturated carbocycles. The fraction of sp³-hybridized carbons (Fsp3) is 0.333. The van der Waals surface area contributed by atoms with Crippen LogP contribution in [-0.2, 0) is 10.2 Å². The summed E-state index contributed by atoms with van der Waals surface area (Å²) in [4.78, 5) is 18.2. The van der Waals surface area contributed by atoms with Crippen molar-refractivity contribution < 1.29 is 4.79 Å². The number of hydrogen-bond donors (Lipinski definition) is 2. The van der Waals surface area contributed by atoms with Crippen molar-refractivity contribution in [3.63, 3.8) is 0 Å². The molecule has 1 amide bonds. The van der Waals surface area contributed by atoms with Gasteiger partial charge in [0, 0.05) is 16.0 Å². The molecule has 2 heterocycles. The Labute approximate surface area is 152 Å². The summed E-state index contributed by atoms with van der Waals surface area (Å²) in [6.45, 7) is 0. The molecule has 3 nitrogen and oxygen atoms in total. The standard InChI is InChI=1S/C18H17ClN2OS2/c1-24-6-2-3-14(24)15(22)21-18-8-17(9-18,10-18)16-20-12-7-11(19)4-5-13(12)23-16/h2-7,24H,8-10H2,1H3,(H,21,22). The Kier molecular flexibility index (Phi) is 3.04. The minimum atomic E-state index is -0.412. The zero-order valence-electron chi connectivity index (χ0n) is 13.2. The minimum Gasteiger partial charge on any atom is -0.346 e. The number of nitrogens with one attached hydrogen (secondary N) is 1. The molecular formula is C18H17ClN2OS2. The molecule has 3 fully saturated rings. The molecule has 3 aliphatic carbocycles. The van der Waals surface area contributed by atoms with Crippen molar-refractivity contribution in [3.8, 4) is 0 Å². The van der Waals surface area contributed by atoms with Gasteiger partial charge in [-0.1, -0.05) is 17.7 Å². The van der Waals surface area contributed by atoms with Gasteiger partial charge in [-0.25, -0.2) is 15.9 Å². The van der Waals surface area contributed by atoms with Crippen LogP contribution in [0.25, 0.3) is 10.2 Å². The Hall–Kier alpha value is -1.30. The minimum absolute atomic E-state index is 0.00614. The van der Waals surface area contributed by atoms with Crippen molar-refractivity contribution in [1.29, 1.82) is 0 Å². The summed E-state index contributed by atoms with van der Waals surface area (Å²) in [5.74, 6) is 0.123. The monoisotopic (exact) mass is 376 g/mol. The van der Waals surface area contributed by atoms with Gasteiger partial charge in [-0.05, 0) is 55.2 Å². The lowest BCUT2D eigenvalue weighted by Crippen LogP contribution is -2.76. The molecule has 6 rings (SSSR count). The van der Waals surface area contributed by atoms with Crippen molar-refractivity contribution in [1.82, 2.24) is 10.3 Å². The maximum Gasteiger partial charge on any atom is 0.256 e. The number of nitrogens with zero attached hydrogens (tertiary/aromatic N) is 1. The maximum absolute atomic E-state index is 12.5. The number of amides is 1. The van der Waals surface area contributed by atoms with Gasteiger partial charge in [-0.3, -0.25) is 4.79 Å². The molecule has 0 saturated heterocycles. The number of aromatic nitrogens is 1. The van der Waals surface area contributed by atoms with Crippen LogP contribution in [0.3, 0.4) is 0 Å². The van der Waals surface area contributed by atoms with Gasteiger partial charge < -0.3 is 5.32 Å². The van der Waals surface area contributed by atoms with E-state index in [-0.39, 0.29) is 16.9 Å². The second-order valence-electron chi connectivity index (χ2n) is 7.18. The first-order valence-corrected chi connectivity index (χ1v) is 11.0. The largest absolute Gasteiger partial charge is 0.346 e. The number of carbonyl (C=O) groups is 1. The molecule has 0 spiro atoms. The molecule has 2 aromatic rings. The van der Waals surface area contributed by atoms with E-state index in [0.717, 1.165) is 34.7 Å². The number of rotatable bonds is 3. The third-order valence-electron chi connectivity index (χ3n) is 5.39. The Morgan fingerprint density at radius 2 is 2.17 bits per heavy atom. The Morgan fingerprint density at radius 1 is 1.38 bits per heavy atom. The van der Waals surface area contributed by atoms with Crippen molar-refractivity contribution in [2.45, 2.75) is 30.2 Å². The van der Waals surface area contributed by atoms with E-state index in [1.54, 1.807) is 11.3 Å². The molecule has 4 aliphatic rings. The van der Waals surface area contributed by atoms with Crippen LogP contribution in [0, 0.1) is 0 Å². The molecule has 1 aliphatic heterocycles. The summed E-state index contributed by atoms with van der Waals surface area (Å²) in [5.41, 5.74) is 1.18. The molecule has 1 unspecified atom stereocenters. The third kappa shape index (κ3) is 2.04. The average molecular weight is 377 g/mol. The molecule has 2 bridgehead atoms. The highest BCUT2D eigenvalue weighted by atomic mass is 35.5. The van der Waals surface area contributed by atoms with Crippen LogP contribution in [0.2, 0.25) is 5.02 Å². The molecule has 1 aromatic heterocycles. The van der Waals surface area contributed by atoms with Gasteiger partial charge in [0.05, 0.1) is 15.1 Å². The Bertz CT molecular complexity index is 926. The van der Waals surface area contributed by atoms with Gasteiger partial charge in [0.25, 0.3) is 5.91 Å². The number of allylic oxidation sites excluding steroid dienone is 2. The van der Waals surface area contributed by atoms with E-state index in [1.807, 2.05) is 30.4 Å². The first kappa shape index (κ1) is 15.0. The van der Waals surface area contributed by atoms with E-state index in [1.165, 1.54) is 9.71 Å². The summed E-state index contributed by atoms with van der Waals surface area (Å²) >= 11 is 7.83. The normalized spacial score (nSPS) is 34.6. The number of thiazole rings is 1. The maximum atomic E-state index is 12.5. The van der Waals surface area contributed by atoms with Crippen LogP contribution >= 0.6 is 33.8 Å². The number of hydrogen-bond acceptors (Lipinski definition) is 3.